The van der Waals surface area contributed by atoms with Gasteiger partial charge in [0.25, 0.3) is 0 Å². The van der Waals surface area contributed by atoms with Gasteiger partial charge < -0.3 is 14.3 Å². The minimum Gasteiger partial charge on any atom is -0.497 e. The molecular formula is C13H14O4. The molecule has 90 valence electrons. The van der Waals surface area contributed by atoms with Crippen LogP contribution in [0.15, 0.2) is 22.6 Å². The molecule has 1 N–H and O–H groups in total. The molecule has 2 rings (SSSR count). The molecule has 0 amide bonds. The van der Waals surface area contributed by atoms with Crippen LogP contribution in [-0.2, 0) is 11.2 Å². The molecule has 4 heteroatoms. The van der Waals surface area contributed by atoms with Crippen molar-refractivity contribution in [3.63, 3.8) is 0 Å². The van der Waals surface area contributed by atoms with Crippen LogP contribution in [0.1, 0.15) is 17.7 Å². The highest BCUT2D eigenvalue weighted by Crippen LogP contribution is 2.29. The largest absolute Gasteiger partial charge is 0.497 e. The summed E-state index contributed by atoms with van der Waals surface area (Å²) in [5, 5.41) is 9.67. The van der Waals surface area contributed by atoms with Gasteiger partial charge >= 0.3 is 5.97 Å². The molecule has 0 unspecified atom stereocenters. The summed E-state index contributed by atoms with van der Waals surface area (Å²) in [6, 6.07) is 5.61. The SMILES string of the molecule is COc1ccc2c(C)c(CCC(=O)O)oc2c1. The van der Waals surface area contributed by atoms with Crippen molar-refractivity contribution in [3.8, 4) is 5.75 Å². The summed E-state index contributed by atoms with van der Waals surface area (Å²) < 4.78 is 10.8. The maximum atomic E-state index is 10.5. The van der Waals surface area contributed by atoms with E-state index in [-0.39, 0.29) is 6.42 Å². The van der Waals surface area contributed by atoms with Gasteiger partial charge in [0.1, 0.15) is 17.1 Å². The molecule has 0 aliphatic rings. The topological polar surface area (TPSA) is 59.7 Å². The van der Waals surface area contributed by atoms with E-state index in [0.29, 0.717) is 6.42 Å². The molecule has 0 radical (unpaired) electrons. The molecule has 17 heavy (non-hydrogen) atoms. The van der Waals surface area contributed by atoms with Gasteiger partial charge in [-0.15, -0.1) is 0 Å². The average Bonchev–Trinajstić information content (AvgIpc) is 2.63. The zero-order chi connectivity index (χ0) is 12.4. The van der Waals surface area contributed by atoms with E-state index >= 15 is 0 Å². The first kappa shape index (κ1) is 11.5. The lowest BCUT2D eigenvalue weighted by Gasteiger charge is -1.97. The number of carbonyl (C=O) groups is 1. The summed E-state index contributed by atoms with van der Waals surface area (Å²) in [6.45, 7) is 1.94. The first-order chi connectivity index (χ1) is 8.11. The van der Waals surface area contributed by atoms with E-state index in [4.69, 9.17) is 14.3 Å². The number of aliphatic carboxylic acids is 1. The second kappa shape index (κ2) is 4.49. The predicted octanol–water partition coefficient (Wildman–Crippen LogP) is 2.77. The lowest BCUT2D eigenvalue weighted by atomic mass is 10.1. The summed E-state index contributed by atoms with van der Waals surface area (Å²) in [4.78, 5) is 10.5. The third-order valence-electron chi connectivity index (χ3n) is 2.81. The number of methoxy groups -OCH3 is 1. The van der Waals surface area contributed by atoms with E-state index in [1.54, 1.807) is 7.11 Å². The number of carboxylic acids is 1. The molecule has 0 saturated carbocycles. The molecule has 1 aromatic heterocycles. The summed E-state index contributed by atoms with van der Waals surface area (Å²) in [5.41, 5.74) is 1.74. The third kappa shape index (κ3) is 2.25. The molecule has 0 bridgehead atoms. The van der Waals surface area contributed by atoms with Crippen LogP contribution in [0, 0.1) is 6.92 Å². The quantitative estimate of drug-likeness (QED) is 0.883. The van der Waals surface area contributed by atoms with Crippen LogP contribution >= 0.6 is 0 Å². The van der Waals surface area contributed by atoms with Crippen molar-refractivity contribution in [2.75, 3.05) is 7.11 Å². The normalized spacial score (nSPS) is 10.7. The van der Waals surface area contributed by atoms with Crippen LogP contribution in [0.25, 0.3) is 11.0 Å². The first-order valence-corrected chi connectivity index (χ1v) is 5.39. The number of rotatable bonds is 4. The Morgan fingerprint density at radius 1 is 1.47 bits per heavy atom. The highest BCUT2D eigenvalue weighted by atomic mass is 16.5. The van der Waals surface area contributed by atoms with Gasteiger partial charge in [0.05, 0.1) is 13.5 Å². The number of ether oxygens (including phenoxy) is 1. The molecule has 1 aromatic carbocycles. The van der Waals surface area contributed by atoms with Gasteiger partial charge in [-0.25, -0.2) is 0 Å². The van der Waals surface area contributed by atoms with E-state index in [0.717, 1.165) is 28.0 Å². The van der Waals surface area contributed by atoms with Crippen LogP contribution in [0.5, 0.6) is 5.75 Å². The van der Waals surface area contributed by atoms with Crippen molar-refractivity contribution in [1.29, 1.82) is 0 Å². The molecule has 0 aliphatic heterocycles. The van der Waals surface area contributed by atoms with Gasteiger partial charge in [-0.05, 0) is 24.6 Å². The first-order valence-electron chi connectivity index (χ1n) is 5.39. The van der Waals surface area contributed by atoms with E-state index < -0.39 is 5.97 Å². The molecule has 0 atom stereocenters. The number of fused-ring (bicyclic) bond motifs is 1. The van der Waals surface area contributed by atoms with Crippen LogP contribution in [0.3, 0.4) is 0 Å². The number of aryl methyl sites for hydroxylation is 2. The van der Waals surface area contributed by atoms with Crippen LogP contribution in [0.4, 0.5) is 0 Å². The van der Waals surface area contributed by atoms with Gasteiger partial charge in [-0.1, -0.05) is 0 Å². The zero-order valence-electron chi connectivity index (χ0n) is 9.82. The minimum absolute atomic E-state index is 0.0811. The fraction of sp³-hybridized carbons (Fsp3) is 0.308. The Morgan fingerprint density at radius 3 is 2.88 bits per heavy atom. The van der Waals surface area contributed by atoms with E-state index in [1.807, 2.05) is 25.1 Å². The number of hydrogen-bond acceptors (Lipinski definition) is 3. The van der Waals surface area contributed by atoms with Crippen LogP contribution in [0.2, 0.25) is 0 Å². The Balaban J connectivity index is 2.38. The fourth-order valence-electron chi connectivity index (χ4n) is 1.84. The molecule has 0 spiro atoms. The minimum atomic E-state index is -0.817. The van der Waals surface area contributed by atoms with Crippen molar-refractivity contribution in [1.82, 2.24) is 0 Å². The predicted molar refractivity (Wildman–Crippen MR) is 63.5 cm³/mol. The smallest absolute Gasteiger partial charge is 0.303 e. The fourth-order valence-corrected chi connectivity index (χ4v) is 1.84. The number of carboxylic acid groups (broad SMARTS) is 1. The summed E-state index contributed by atoms with van der Waals surface area (Å²) in [6.07, 6.45) is 0.496. The third-order valence-corrected chi connectivity index (χ3v) is 2.81. The Kier molecular flexibility index (Phi) is 3.04. The molecule has 4 nitrogen and oxygen atoms in total. The molecule has 0 saturated heterocycles. The van der Waals surface area contributed by atoms with Gasteiger partial charge in [-0.3, -0.25) is 4.79 Å². The van der Waals surface area contributed by atoms with E-state index in [1.165, 1.54) is 0 Å². The Bertz CT molecular complexity index is 554. The van der Waals surface area contributed by atoms with Gasteiger partial charge in [0.15, 0.2) is 0 Å². The molecule has 0 fully saturated rings. The highest BCUT2D eigenvalue weighted by molar-refractivity contribution is 5.83. The second-order valence-corrected chi connectivity index (χ2v) is 3.91. The van der Waals surface area contributed by atoms with Crippen LogP contribution in [-0.4, -0.2) is 18.2 Å². The molecule has 1 heterocycles. The Labute approximate surface area is 98.8 Å². The molecule has 0 aliphatic carbocycles. The lowest BCUT2D eigenvalue weighted by Crippen LogP contribution is -1.97. The number of benzene rings is 1. The van der Waals surface area contributed by atoms with E-state index in [9.17, 15) is 4.79 Å². The summed E-state index contributed by atoms with van der Waals surface area (Å²) >= 11 is 0. The summed E-state index contributed by atoms with van der Waals surface area (Å²) in [7, 11) is 1.60. The standard InChI is InChI=1S/C13H14O4/c1-8-10-4-3-9(16-2)7-12(10)17-11(8)5-6-13(14)15/h3-4,7H,5-6H2,1-2H3,(H,14,15). The van der Waals surface area contributed by atoms with Gasteiger partial charge in [0.2, 0.25) is 0 Å². The average molecular weight is 234 g/mol. The molecule has 2 aromatic rings. The number of furan rings is 1. The van der Waals surface area contributed by atoms with Gasteiger partial charge in [-0.2, -0.15) is 0 Å². The van der Waals surface area contributed by atoms with E-state index in [2.05, 4.69) is 0 Å². The second-order valence-electron chi connectivity index (χ2n) is 3.91. The maximum absolute atomic E-state index is 10.5. The maximum Gasteiger partial charge on any atom is 0.303 e. The van der Waals surface area contributed by atoms with Crippen LogP contribution < -0.4 is 4.74 Å². The highest BCUT2D eigenvalue weighted by Gasteiger charge is 2.12. The zero-order valence-corrected chi connectivity index (χ0v) is 9.82. The van der Waals surface area contributed by atoms with Gasteiger partial charge in [0, 0.05) is 17.9 Å². The van der Waals surface area contributed by atoms with Crippen molar-refractivity contribution in [2.24, 2.45) is 0 Å². The van der Waals surface area contributed by atoms with Crippen molar-refractivity contribution in [2.45, 2.75) is 19.8 Å². The molecular weight excluding hydrogens is 220 g/mol. The van der Waals surface area contributed by atoms with Crippen molar-refractivity contribution < 1.29 is 19.1 Å². The number of hydrogen-bond donors (Lipinski definition) is 1. The van der Waals surface area contributed by atoms with Crippen molar-refractivity contribution in [3.05, 3.63) is 29.5 Å². The lowest BCUT2D eigenvalue weighted by molar-refractivity contribution is -0.137. The monoisotopic (exact) mass is 234 g/mol. The Hall–Kier alpha value is -1.97. The Morgan fingerprint density at radius 2 is 2.24 bits per heavy atom. The van der Waals surface area contributed by atoms with Crippen molar-refractivity contribution >= 4 is 16.9 Å². The summed E-state index contributed by atoms with van der Waals surface area (Å²) in [5.74, 6) is 0.647.